The lowest BCUT2D eigenvalue weighted by Gasteiger charge is -2.02. The highest BCUT2D eigenvalue weighted by atomic mass is 79.9. The fourth-order valence-electron chi connectivity index (χ4n) is 0.878. The van der Waals surface area contributed by atoms with E-state index in [2.05, 4.69) is 26.2 Å². The first-order chi connectivity index (χ1) is 6.74. The van der Waals surface area contributed by atoms with Crippen LogP contribution in [0.3, 0.4) is 0 Å². The molecular weight excluding hydrogens is 246 g/mol. The average Bonchev–Trinajstić information content (AvgIpc) is 2.18. The van der Waals surface area contributed by atoms with E-state index in [4.69, 9.17) is 5.26 Å². The van der Waals surface area contributed by atoms with Gasteiger partial charge in [-0.2, -0.15) is 5.26 Å². The zero-order valence-corrected chi connectivity index (χ0v) is 8.91. The quantitative estimate of drug-likeness (QED) is 0.656. The molecule has 0 spiro atoms. The topological polar surface area (TPSA) is 65.8 Å². The van der Waals surface area contributed by atoms with Crippen LogP contribution in [0.25, 0.3) is 0 Å². The van der Waals surface area contributed by atoms with Crippen molar-refractivity contribution in [2.75, 3.05) is 6.54 Å². The second-order valence-electron chi connectivity index (χ2n) is 2.53. The summed E-state index contributed by atoms with van der Waals surface area (Å²) in [6.07, 6.45) is 1.86. The van der Waals surface area contributed by atoms with E-state index in [1.54, 1.807) is 18.3 Å². The van der Waals surface area contributed by atoms with Gasteiger partial charge in [0.2, 0.25) is 0 Å². The summed E-state index contributed by atoms with van der Waals surface area (Å²) >= 11 is 3.17. The average molecular weight is 254 g/mol. The summed E-state index contributed by atoms with van der Waals surface area (Å²) in [5.41, 5.74) is 0.532. The molecule has 0 aliphatic rings. The second kappa shape index (κ2) is 5.35. The summed E-state index contributed by atoms with van der Waals surface area (Å²) in [6, 6.07) is 5.19. The zero-order chi connectivity index (χ0) is 10.4. The molecule has 5 heteroatoms. The summed E-state index contributed by atoms with van der Waals surface area (Å²) in [5, 5.41) is 10.9. The lowest BCUT2D eigenvalue weighted by Crippen LogP contribution is -2.24. The van der Waals surface area contributed by atoms with Crippen LogP contribution in [0.1, 0.15) is 16.8 Å². The first-order valence-corrected chi connectivity index (χ1v) is 4.80. The van der Waals surface area contributed by atoms with Crippen molar-refractivity contribution < 1.29 is 4.79 Å². The molecule has 0 fully saturated rings. The van der Waals surface area contributed by atoms with Gasteiger partial charge in [-0.25, -0.2) is 4.98 Å². The maximum atomic E-state index is 11.4. The highest BCUT2D eigenvalue weighted by Crippen LogP contribution is 2.07. The van der Waals surface area contributed by atoms with Gasteiger partial charge in [-0.1, -0.05) is 0 Å². The Balaban J connectivity index is 2.57. The van der Waals surface area contributed by atoms with Gasteiger partial charge in [0, 0.05) is 18.3 Å². The Morgan fingerprint density at radius 3 is 3.14 bits per heavy atom. The number of hydrogen-bond donors (Lipinski definition) is 1. The van der Waals surface area contributed by atoms with Crippen molar-refractivity contribution in [3.63, 3.8) is 0 Å². The van der Waals surface area contributed by atoms with E-state index < -0.39 is 0 Å². The molecule has 0 saturated carbocycles. The lowest BCUT2D eigenvalue weighted by molar-refractivity contribution is 0.0954. The van der Waals surface area contributed by atoms with Crippen molar-refractivity contribution in [1.82, 2.24) is 10.3 Å². The number of carbonyl (C=O) groups excluding carboxylic acids is 1. The van der Waals surface area contributed by atoms with E-state index in [0.29, 0.717) is 23.1 Å². The minimum atomic E-state index is -0.191. The van der Waals surface area contributed by atoms with E-state index in [9.17, 15) is 4.79 Å². The zero-order valence-electron chi connectivity index (χ0n) is 7.33. The molecule has 0 radical (unpaired) electrons. The molecule has 0 saturated heterocycles. The first kappa shape index (κ1) is 10.7. The number of halogens is 1. The Morgan fingerprint density at radius 1 is 1.71 bits per heavy atom. The second-order valence-corrected chi connectivity index (χ2v) is 3.34. The summed E-state index contributed by atoms with van der Waals surface area (Å²) in [6.45, 7) is 0.370. The molecule has 1 aromatic heterocycles. The van der Waals surface area contributed by atoms with Crippen LogP contribution >= 0.6 is 15.9 Å². The summed E-state index contributed by atoms with van der Waals surface area (Å²) in [5.74, 6) is -0.191. The van der Waals surface area contributed by atoms with Gasteiger partial charge in [0.15, 0.2) is 0 Å². The fourth-order valence-corrected chi connectivity index (χ4v) is 1.24. The molecule has 0 bridgehead atoms. The maximum Gasteiger partial charge on any atom is 0.251 e. The number of nitrogens with zero attached hydrogens (tertiary/aromatic N) is 2. The van der Waals surface area contributed by atoms with E-state index in [1.165, 1.54) is 0 Å². The van der Waals surface area contributed by atoms with Crippen molar-refractivity contribution in [2.24, 2.45) is 0 Å². The molecule has 1 N–H and O–H groups in total. The fraction of sp³-hybridized carbons (Fsp3) is 0.222. The van der Waals surface area contributed by atoms with Gasteiger partial charge in [-0.05, 0) is 28.1 Å². The van der Waals surface area contributed by atoms with E-state index >= 15 is 0 Å². The first-order valence-electron chi connectivity index (χ1n) is 4.00. The molecule has 1 aromatic rings. The Bertz CT molecular complexity index is 373. The number of aromatic nitrogens is 1. The smallest absolute Gasteiger partial charge is 0.251 e. The monoisotopic (exact) mass is 253 g/mol. The number of pyridine rings is 1. The predicted octanol–water partition coefficient (Wildman–Crippen LogP) is 1.49. The molecule has 1 rings (SSSR count). The number of nitrogens with one attached hydrogen (secondary N) is 1. The van der Waals surface area contributed by atoms with Crippen LogP contribution in [-0.4, -0.2) is 17.4 Å². The maximum absolute atomic E-state index is 11.4. The molecular formula is C9H8BrN3O. The van der Waals surface area contributed by atoms with Crippen molar-refractivity contribution >= 4 is 21.8 Å². The van der Waals surface area contributed by atoms with Crippen LogP contribution in [0.2, 0.25) is 0 Å². The van der Waals surface area contributed by atoms with Crippen LogP contribution in [-0.2, 0) is 0 Å². The normalized spacial score (nSPS) is 9.14. The van der Waals surface area contributed by atoms with Crippen molar-refractivity contribution in [3.05, 3.63) is 28.5 Å². The Morgan fingerprint density at radius 2 is 2.50 bits per heavy atom. The van der Waals surface area contributed by atoms with Gasteiger partial charge < -0.3 is 5.32 Å². The third-order valence-corrected chi connectivity index (χ3v) is 1.94. The van der Waals surface area contributed by atoms with E-state index in [-0.39, 0.29) is 5.91 Å². The lowest BCUT2D eigenvalue weighted by atomic mass is 10.2. The summed E-state index contributed by atoms with van der Waals surface area (Å²) < 4.78 is 0.616. The number of amides is 1. The standard InChI is InChI=1S/C9H8BrN3O/c10-8-6-7(2-5-12-8)9(14)13-4-1-3-11/h2,5-6H,1,4H2,(H,13,14). The number of hydrogen-bond acceptors (Lipinski definition) is 3. The molecule has 0 unspecified atom stereocenters. The number of nitriles is 1. The van der Waals surface area contributed by atoms with Crippen molar-refractivity contribution in [3.8, 4) is 6.07 Å². The minimum Gasteiger partial charge on any atom is -0.351 e. The number of rotatable bonds is 3. The third-order valence-electron chi connectivity index (χ3n) is 1.51. The molecule has 0 aliphatic heterocycles. The number of carbonyl (C=O) groups is 1. The SMILES string of the molecule is N#CCCNC(=O)c1ccnc(Br)c1. The van der Waals surface area contributed by atoms with Gasteiger partial charge in [-0.3, -0.25) is 4.79 Å². The molecule has 14 heavy (non-hydrogen) atoms. The van der Waals surface area contributed by atoms with Crippen molar-refractivity contribution in [2.45, 2.75) is 6.42 Å². The summed E-state index contributed by atoms with van der Waals surface area (Å²) in [7, 11) is 0. The van der Waals surface area contributed by atoms with Gasteiger partial charge in [0.1, 0.15) is 4.60 Å². The molecule has 4 nitrogen and oxygen atoms in total. The van der Waals surface area contributed by atoms with Gasteiger partial charge in [-0.15, -0.1) is 0 Å². The molecule has 0 aliphatic carbocycles. The van der Waals surface area contributed by atoms with E-state index in [1.807, 2.05) is 6.07 Å². The molecule has 0 aromatic carbocycles. The summed E-state index contributed by atoms with van der Waals surface area (Å²) in [4.78, 5) is 15.3. The predicted molar refractivity (Wildman–Crippen MR) is 54.5 cm³/mol. The largest absolute Gasteiger partial charge is 0.351 e. The third kappa shape index (κ3) is 3.15. The van der Waals surface area contributed by atoms with Crippen molar-refractivity contribution in [1.29, 1.82) is 5.26 Å². The molecule has 72 valence electrons. The van der Waals surface area contributed by atoms with Crippen LogP contribution < -0.4 is 5.32 Å². The van der Waals surface area contributed by atoms with E-state index in [0.717, 1.165) is 0 Å². The minimum absolute atomic E-state index is 0.191. The Kier molecular flexibility index (Phi) is 4.08. The van der Waals surface area contributed by atoms with Crippen LogP contribution in [0.15, 0.2) is 22.9 Å². The molecule has 1 amide bonds. The van der Waals surface area contributed by atoms with Gasteiger partial charge >= 0.3 is 0 Å². The highest BCUT2D eigenvalue weighted by molar-refractivity contribution is 9.10. The van der Waals surface area contributed by atoms with Crippen LogP contribution in [0.4, 0.5) is 0 Å². The van der Waals surface area contributed by atoms with Gasteiger partial charge in [0.05, 0.1) is 12.5 Å². The van der Waals surface area contributed by atoms with Crippen LogP contribution in [0, 0.1) is 11.3 Å². The van der Waals surface area contributed by atoms with Gasteiger partial charge in [0.25, 0.3) is 5.91 Å². The molecule has 0 atom stereocenters. The molecule has 1 heterocycles. The Hall–Kier alpha value is -1.41. The highest BCUT2D eigenvalue weighted by Gasteiger charge is 2.04. The Labute approximate surface area is 90.1 Å². The van der Waals surface area contributed by atoms with Crippen LogP contribution in [0.5, 0.6) is 0 Å².